The molecule has 0 fully saturated rings. The lowest BCUT2D eigenvalue weighted by Crippen LogP contribution is -2.38. The van der Waals surface area contributed by atoms with Crippen LogP contribution in [0.3, 0.4) is 0 Å². The molecule has 0 aliphatic rings. The number of aryl methyl sites for hydroxylation is 1. The minimum absolute atomic E-state index is 0.0763. The summed E-state index contributed by atoms with van der Waals surface area (Å²) in [4.78, 5) is 21.6. The number of nitrogens with zero attached hydrogens (tertiary/aromatic N) is 2. The molecule has 8 nitrogen and oxygen atoms in total. The van der Waals surface area contributed by atoms with E-state index in [1.54, 1.807) is 14.0 Å². The predicted molar refractivity (Wildman–Crippen MR) is 108 cm³/mol. The third-order valence-corrected chi connectivity index (χ3v) is 4.81. The Morgan fingerprint density at radius 2 is 2.07 bits per heavy atom. The fraction of sp³-hybridized carbons (Fsp3) is 0.722. The van der Waals surface area contributed by atoms with Crippen molar-refractivity contribution in [2.75, 3.05) is 46.6 Å². The van der Waals surface area contributed by atoms with Gasteiger partial charge in [-0.05, 0) is 34.1 Å². The predicted octanol–water partition coefficient (Wildman–Crippen LogP) is 2.30. The van der Waals surface area contributed by atoms with Crippen molar-refractivity contribution >= 4 is 23.3 Å². The molecular weight excluding hydrogens is 368 g/mol. The molecule has 0 saturated carbocycles. The summed E-state index contributed by atoms with van der Waals surface area (Å²) in [6, 6.07) is -0.0763. The van der Waals surface area contributed by atoms with Crippen molar-refractivity contribution < 1.29 is 19.0 Å². The molecule has 1 atom stereocenters. The first kappa shape index (κ1) is 23.3. The Morgan fingerprint density at radius 3 is 2.74 bits per heavy atom. The Kier molecular flexibility index (Phi) is 11.6. The fourth-order valence-corrected chi connectivity index (χ4v) is 3.14. The van der Waals surface area contributed by atoms with E-state index in [0.717, 1.165) is 18.0 Å². The summed E-state index contributed by atoms with van der Waals surface area (Å²) in [5.41, 5.74) is 0.692. The highest BCUT2D eigenvalue weighted by Gasteiger charge is 2.20. The molecule has 9 heteroatoms. The highest BCUT2D eigenvalue weighted by Crippen LogP contribution is 2.24. The van der Waals surface area contributed by atoms with E-state index in [-0.39, 0.29) is 12.0 Å². The zero-order chi connectivity index (χ0) is 20.1. The van der Waals surface area contributed by atoms with E-state index in [2.05, 4.69) is 20.6 Å². The van der Waals surface area contributed by atoms with Crippen LogP contribution in [-0.2, 0) is 14.2 Å². The van der Waals surface area contributed by atoms with Crippen molar-refractivity contribution in [1.82, 2.24) is 15.6 Å². The molecule has 1 aromatic rings. The van der Waals surface area contributed by atoms with Gasteiger partial charge in [-0.15, -0.1) is 11.3 Å². The highest BCUT2D eigenvalue weighted by atomic mass is 32.1. The van der Waals surface area contributed by atoms with Crippen LogP contribution in [0.5, 0.6) is 0 Å². The summed E-state index contributed by atoms with van der Waals surface area (Å²) >= 11 is 1.35. The molecule has 27 heavy (non-hydrogen) atoms. The van der Waals surface area contributed by atoms with Gasteiger partial charge < -0.3 is 24.8 Å². The lowest BCUT2D eigenvalue weighted by Gasteiger charge is -2.16. The first-order valence-corrected chi connectivity index (χ1v) is 10.1. The van der Waals surface area contributed by atoms with Gasteiger partial charge in [0.15, 0.2) is 5.96 Å². The number of hydrogen-bond acceptors (Lipinski definition) is 7. The van der Waals surface area contributed by atoms with Crippen LogP contribution in [0, 0.1) is 6.92 Å². The molecule has 2 N–H and O–H groups in total. The maximum Gasteiger partial charge on any atom is 0.350 e. The molecule has 0 aromatic carbocycles. The second kappa shape index (κ2) is 13.5. The minimum Gasteiger partial charge on any atom is -0.462 e. The summed E-state index contributed by atoms with van der Waals surface area (Å²) in [6.07, 6.45) is 0.831. The van der Waals surface area contributed by atoms with E-state index in [9.17, 15) is 4.79 Å². The van der Waals surface area contributed by atoms with Crippen molar-refractivity contribution in [2.24, 2.45) is 4.99 Å². The molecule has 0 amide bonds. The Hall–Kier alpha value is -1.71. The van der Waals surface area contributed by atoms with Gasteiger partial charge in [-0.1, -0.05) is 0 Å². The zero-order valence-electron chi connectivity index (χ0n) is 17.0. The van der Waals surface area contributed by atoms with Crippen molar-refractivity contribution in [2.45, 2.75) is 40.2 Å². The first-order valence-electron chi connectivity index (χ1n) is 9.29. The molecule has 154 valence electrons. The highest BCUT2D eigenvalue weighted by molar-refractivity contribution is 7.13. The number of rotatable bonds is 12. The van der Waals surface area contributed by atoms with Crippen LogP contribution in [0.15, 0.2) is 4.99 Å². The molecule has 0 aliphatic heterocycles. The largest absolute Gasteiger partial charge is 0.462 e. The Labute approximate surface area is 165 Å². The Balaban J connectivity index is 2.59. The summed E-state index contributed by atoms with van der Waals surface area (Å²) in [5, 5.41) is 7.38. The molecule has 0 aliphatic carbocycles. The van der Waals surface area contributed by atoms with Gasteiger partial charge in [0.1, 0.15) is 9.88 Å². The number of hydrogen-bond donors (Lipinski definition) is 2. The van der Waals surface area contributed by atoms with E-state index in [4.69, 9.17) is 14.2 Å². The molecule has 1 unspecified atom stereocenters. The van der Waals surface area contributed by atoms with E-state index in [0.29, 0.717) is 49.5 Å². The number of aromatic nitrogens is 1. The number of thiazole rings is 1. The molecule has 0 saturated heterocycles. The maximum atomic E-state index is 12.0. The van der Waals surface area contributed by atoms with Gasteiger partial charge in [0.05, 0.1) is 31.6 Å². The van der Waals surface area contributed by atoms with E-state index in [1.165, 1.54) is 11.3 Å². The van der Waals surface area contributed by atoms with Crippen LogP contribution in [0.1, 0.15) is 53.6 Å². The molecular formula is C18H32N4O4S. The second-order valence-electron chi connectivity index (χ2n) is 5.77. The number of esters is 1. The quantitative estimate of drug-likeness (QED) is 0.241. The van der Waals surface area contributed by atoms with Crippen LogP contribution in [-0.4, -0.2) is 63.5 Å². The van der Waals surface area contributed by atoms with Gasteiger partial charge in [-0.25, -0.2) is 9.78 Å². The van der Waals surface area contributed by atoms with Gasteiger partial charge in [0, 0.05) is 26.8 Å². The van der Waals surface area contributed by atoms with Crippen LogP contribution in [0.2, 0.25) is 0 Å². The number of aliphatic imine (C=N–C) groups is 1. The van der Waals surface area contributed by atoms with Crippen molar-refractivity contribution in [1.29, 1.82) is 0 Å². The van der Waals surface area contributed by atoms with Crippen LogP contribution < -0.4 is 10.6 Å². The lowest BCUT2D eigenvalue weighted by molar-refractivity contribution is 0.0531. The molecule has 1 heterocycles. The number of methoxy groups -OCH3 is 1. The van der Waals surface area contributed by atoms with Gasteiger partial charge in [0.2, 0.25) is 0 Å². The summed E-state index contributed by atoms with van der Waals surface area (Å²) in [6.45, 7) is 11.2. The third-order valence-electron chi connectivity index (χ3n) is 3.49. The van der Waals surface area contributed by atoms with E-state index in [1.807, 2.05) is 20.8 Å². The Morgan fingerprint density at radius 1 is 1.30 bits per heavy atom. The molecule has 0 radical (unpaired) electrons. The van der Waals surface area contributed by atoms with Gasteiger partial charge >= 0.3 is 5.97 Å². The topological polar surface area (TPSA) is 94.1 Å². The summed E-state index contributed by atoms with van der Waals surface area (Å²) < 4.78 is 15.5. The molecule has 0 spiro atoms. The number of nitrogens with one attached hydrogen (secondary N) is 2. The van der Waals surface area contributed by atoms with Gasteiger partial charge in [-0.2, -0.15) is 0 Å². The van der Waals surface area contributed by atoms with Crippen molar-refractivity contribution in [3.05, 3.63) is 15.6 Å². The minimum atomic E-state index is -0.319. The third kappa shape index (κ3) is 8.68. The standard InChI is InChI=1S/C18H32N4O4S/c1-6-19-18(20-9-8-10-25-12-11-24-5)22-14(4)16-21-13(3)15(27-16)17(23)26-7-2/h14H,6-12H2,1-5H3,(H2,19,20,22). The summed E-state index contributed by atoms with van der Waals surface area (Å²) in [5.74, 6) is 0.396. The fourth-order valence-electron chi connectivity index (χ4n) is 2.18. The van der Waals surface area contributed by atoms with Gasteiger partial charge in [-0.3, -0.25) is 4.99 Å². The molecule has 1 aromatic heterocycles. The zero-order valence-corrected chi connectivity index (χ0v) is 17.8. The van der Waals surface area contributed by atoms with Gasteiger partial charge in [0.25, 0.3) is 0 Å². The molecule has 1 rings (SSSR count). The molecule has 0 bridgehead atoms. The normalized spacial score (nSPS) is 12.7. The Bertz CT molecular complexity index is 592. The van der Waals surface area contributed by atoms with Crippen molar-refractivity contribution in [3.8, 4) is 0 Å². The second-order valence-corrected chi connectivity index (χ2v) is 6.80. The van der Waals surface area contributed by atoms with E-state index >= 15 is 0 Å². The SMILES string of the molecule is CCNC(=NCCCOCCOC)NC(C)c1nc(C)c(C(=O)OCC)s1. The van der Waals surface area contributed by atoms with Crippen LogP contribution in [0.25, 0.3) is 0 Å². The van der Waals surface area contributed by atoms with Crippen LogP contribution in [0.4, 0.5) is 0 Å². The number of carbonyl (C=O) groups excluding carboxylic acids is 1. The van der Waals surface area contributed by atoms with Crippen LogP contribution >= 0.6 is 11.3 Å². The van der Waals surface area contributed by atoms with Crippen molar-refractivity contribution in [3.63, 3.8) is 0 Å². The monoisotopic (exact) mass is 400 g/mol. The number of ether oxygens (including phenoxy) is 3. The number of guanidine groups is 1. The average Bonchev–Trinajstić information content (AvgIpc) is 3.03. The maximum absolute atomic E-state index is 12.0. The number of carbonyl (C=O) groups is 1. The van der Waals surface area contributed by atoms with E-state index < -0.39 is 0 Å². The summed E-state index contributed by atoms with van der Waals surface area (Å²) in [7, 11) is 1.66. The smallest absolute Gasteiger partial charge is 0.350 e. The lowest BCUT2D eigenvalue weighted by atomic mass is 10.3. The average molecular weight is 401 g/mol. The first-order chi connectivity index (χ1) is 13.0.